The third kappa shape index (κ3) is 4.05. The summed E-state index contributed by atoms with van der Waals surface area (Å²) in [5.74, 6) is -0.0128. The summed E-state index contributed by atoms with van der Waals surface area (Å²) in [6, 6.07) is 13.1. The van der Waals surface area contributed by atoms with Crippen molar-refractivity contribution in [3.05, 3.63) is 48.5 Å². The second-order valence-corrected chi connectivity index (χ2v) is 6.20. The molecule has 0 saturated carbocycles. The first-order valence-corrected chi connectivity index (χ1v) is 7.79. The van der Waals surface area contributed by atoms with Gasteiger partial charge in [-0.1, -0.05) is 18.2 Å². The summed E-state index contributed by atoms with van der Waals surface area (Å²) < 4.78 is 31.7. The van der Waals surface area contributed by atoms with Gasteiger partial charge in [0.2, 0.25) is 0 Å². The number of benzene rings is 2. The number of aromatic hydroxyl groups is 1. The molecule has 2 aromatic rings. The fourth-order valence-corrected chi connectivity index (χ4v) is 3.23. The van der Waals surface area contributed by atoms with E-state index in [1.165, 1.54) is 18.2 Å². The fraction of sp³-hybridized carbons (Fsp3) is 0.0714. The number of phenols is 1. The summed E-state index contributed by atoms with van der Waals surface area (Å²) in [5.41, 5.74) is 0.0127. The maximum Gasteiger partial charge on any atom is 0.326 e. The van der Waals surface area contributed by atoms with Crippen LogP contribution in [0.25, 0.3) is 0 Å². The zero-order chi connectivity index (χ0) is 15.7. The third-order valence-electron chi connectivity index (χ3n) is 3.01. The first-order valence-electron chi connectivity index (χ1n) is 6.35. The second kappa shape index (κ2) is 7.20. The molecule has 3 rings (SSSR count). The predicted molar refractivity (Wildman–Crippen MR) is 84.8 cm³/mol. The van der Waals surface area contributed by atoms with Crippen LogP contribution in [0.15, 0.2) is 48.5 Å². The number of anilines is 1. The number of hydrogen-bond acceptors (Lipinski definition) is 5. The predicted octanol–water partition coefficient (Wildman–Crippen LogP) is 0.985. The first-order chi connectivity index (χ1) is 10.5. The van der Waals surface area contributed by atoms with Crippen molar-refractivity contribution in [1.82, 2.24) is 4.72 Å². The monoisotopic (exact) mass is 359 g/mol. The molecule has 0 aromatic heterocycles. The van der Waals surface area contributed by atoms with E-state index in [1.54, 1.807) is 24.3 Å². The minimum Gasteiger partial charge on any atom is -0.506 e. The molecule has 1 aliphatic heterocycles. The number of rotatable bonds is 3. The zero-order valence-corrected chi connectivity index (χ0v) is 16.2. The van der Waals surface area contributed by atoms with Crippen molar-refractivity contribution < 1.29 is 23.1 Å². The van der Waals surface area contributed by atoms with E-state index in [9.17, 15) is 18.3 Å². The molecule has 0 unspecified atom stereocenters. The van der Waals surface area contributed by atoms with E-state index in [2.05, 4.69) is 0 Å². The van der Waals surface area contributed by atoms with Gasteiger partial charge in [-0.15, -0.1) is 0 Å². The number of nitrogens with zero attached hydrogens (tertiary/aromatic N) is 1. The van der Waals surface area contributed by atoms with Crippen LogP contribution in [-0.4, -0.2) is 77.4 Å². The fourth-order valence-electron chi connectivity index (χ4n) is 2.06. The van der Waals surface area contributed by atoms with Crippen LogP contribution >= 0.6 is 0 Å². The molecule has 0 atom stereocenters. The molecule has 2 aromatic carbocycles. The van der Waals surface area contributed by atoms with Crippen LogP contribution in [0.4, 0.5) is 5.69 Å². The van der Waals surface area contributed by atoms with Gasteiger partial charge < -0.3 is 9.84 Å². The normalized spacial score (nSPS) is 15.7. The maximum atomic E-state index is 11.8. The molecule has 1 heterocycles. The van der Waals surface area contributed by atoms with Crippen LogP contribution < -0.4 is 13.8 Å². The Hall–Kier alpha value is -1.10. The van der Waals surface area contributed by atoms with Gasteiger partial charge in [-0.05, 0) is 24.3 Å². The average molecular weight is 359 g/mol. The van der Waals surface area contributed by atoms with E-state index in [0.717, 1.165) is 4.31 Å². The van der Waals surface area contributed by atoms with E-state index in [0.29, 0.717) is 11.5 Å². The summed E-state index contributed by atoms with van der Waals surface area (Å²) in [4.78, 5) is 11.2. The van der Waals surface area contributed by atoms with E-state index < -0.39 is 16.1 Å². The van der Waals surface area contributed by atoms with Gasteiger partial charge in [-0.3, -0.25) is 4.79 Å². The van der Waals surface area contributed by atoms with Crippen molar-refractivity contribution >= 4 is 73.2 Å². The molecule has 9 heteroatoms. The van der Waals surface area contributed by atoms with Crippen molar-refractivity contribution in [1.29, 1.82) is 0 Å². The number of ether oxygens (including phenoxy) is 1. The molecular formula is C14H12KN2O5S. The van der Waals surface area contributed by atoms with Crippen LogP contribution in [0, 0.1) is 0 Å². The Morgan fingerprint density at radius 2 is 1.78 bits per heavy atom. The molecule has 7 nitrogen and oxygen atoms in total. The number of carbonyl (C=O) groups excluding carboxylic acids is 1. The summed E-state index contributed by atoms with van der Waals surface area (Å²) >= 11 is 0. The SMILES string of the molecule is O=C1CN(c2ccc(Oc3ccccc3)cc2O)S(=O)(=O)N1.[K]. The molecular weight excluding hydrogens is 347 g/mol. The summed E-state index contributed by atoms with van der Waals surface area (Å²) in [6.45, 7) is -0.366. The van der Waals surface area contributed by atoms with E-state index in [1.807, 2.05) is 10.8 Å². The summed E-state index contributed by atoms with van der Waals surface area (Å²) in [6.07, 6.45) is 0. The molecule has 115 valence electrons. The number of nitrogens with one attached hydrogen (secondary N) is 1. The van der Waals surface area contributed by atoms with Gasteiger partial charge in [-0.2, -0.15) is 8.42 Å². The number of carbonyl (C=O) groups is 1. The van der Waals surface area contributed by atoms with E-state index >= 15 is 0 Å². The summed E-state index contributed by atoms with van der Waals surface area (Å²) in [5, 5.41) is 10.0. The molecule has 0 aliphatic carbocycles. The molecule has 23 heavy (non-hydrogen) atoms. The smallest absolute Gasteiger partial charge is 0.326 e. The number of para-hydroxylation sites is 1. The molecule has 1 fully saturated rings. The molecule has 1 saturated heterocycles. The standard InChI is InChI=1S/C14H12N2O5S.K/c17-13-8-11(21-10-4-2-1-3-5-10)6-7-12(13)16-9-14(18)15-22(16,19)20;/h1-8,17H,9H2,(H,15,18);. The Kier molecular flexibility index (Phi) is 5.71. The number of hydrogen-bond donors (Lipinski definition) is 2. The van der Waals surface area contributed by atoms with Gasteiger partial charge in [0.15, 0.2) is 0 Å². The van der Waals surface area contributed by atoms with Crippen molar-refractivity contribution in [3.8, 4) is 17.2 Å². The van der Waals surface area contributed by atoms with Crippen LogP contribution in [-0.2, 0) is 15.0 Å². The quantitative estimate of drug-likeness (QED) is 0.797. The van der Waals surface area contributed by atoms with Gasteiger partial charge in [0.1, 0.15) is 23.8 Å². The van der Waals surface area contributed by atoms with Crippen LogP contribution in [0.2, 0.25) is 0 Å². The topological polar surface area (TPSA) is 95.9 Å². The van der Waals surface area contributed by atoms with Gasteiger partial charge in [0.05, 0.1) is 5.69 Å². The van der Waals surface area contributed by atoms with Gasteiger partial charge in [0, 0.05) is 57.5 Å². The van der Waals surface area contributed by atoms with E-state index in [-0.39, 0.29) is 69.4 Å². The number of phenolic OH excluding ortho intramolecular Hbond substituents is 1. The van der Waals surface area contributed by atoms with Gasteiger partial charge in [0.25, 0.3) is 5.91 Å². The van der Waals surface area contributed by atoms with Crippen LogP contribution in [0.5, 0.6) is 17.2 Å². The van der Waals surface area contributed by atoms with Crippen molar-refractivity contribution in [2.24, 2.45) is 0 Å². The average Bonchev–Trinajstić information content (AvgIpc) is 2.73. The second-order valence-electron chi connectivity index (χ2n) is 4.60. The van der Waals surface area contributed by atoms with Crippen molar-refractivity contribution in [3.63, 3.8) is 0 Å². The Morgan fingerprint density at radius 1 is 1.09 bits per heavy atom. The molecule has 1 aliphatic rings. The number of amides is 1. The Balaban J connectivity index is 0.00000192. The minimum absolute atomic E-state index is 0. The molecule has 0 spiro atoms. The van der Waals surface area contributed by atoms with Crippen molar-refractivity contribution in [2.75, 3.05) is 10.8 Å². The minimum atomic E-state index is -3.95. The largest absolute Gasteiger partial charge is 0.506 e. The molecule has 1 radical (unpaired) electrons. The van der Waals surface area contributed by atoms with Gasteiger partial charge >= 0.3 is 10.2 Å². The molecule has 0 bridgehead atoms. The van der Waals surface area contributed by atoms with Crippen molar-refractivity contribution in [2.45, 2.75) is 0 Å². The van der Waals surface area contributed by atoms with E-state index in [4.69, 9.17) is 4.74 Å². The molecule has 1 amide bonds. The van der Waals surface area contributed by atoms with Gasteiger partial charge in [-0.25, -0.2) is 9.03 Å². The van der Waals surface area contributed by atoms with Crippen LogP contribution in [0.3, 0.4) is 0 Å². The molecule has 2 N–H and O–H groups in total. The Labute approximate surface area is 175 Å². The third-order valence-corrected chi connectivity index (χ3v) is 4.41. The van der Waals surface area contributed by atoms with Crippen LogP contribution in [0.1, 0.15) is 0 Å². The Bertz CT molecular complexity index is 826. The Morgan fingerprint density at radius 3 is 2.35 bits per heavy atom. The first kappa shape index (κ1) is 18.2. The summed E-state index contributed by atoms with van der Waals surface area (Å²) in [7, 11) is -3.95. The zero-order valence-electron chi connectivity index (χ0n) is 12.3. The maximum absolute atomic E-state index is 11.8.